The molecule has 1 aromatic carbocycles. The van der Waals surface area contributed by atoms with Crippen LogP contribution in [0.15, 0.2) is 48.8 Å². The maximum absolute atomic E-state index is 13.6. The van der Waals surface area contributed by atoms with Crippen molar-refractivity contribution < 1.29 is 4.39 Å². The molecule has 166 valence electrons. The molecule has 0 aliphatic rings. The summed E-state index contributed by atoms with van der Waals surface area (Å²) in [6.45, 7) is 2.68. The SMILES string of the molecule is NCCCNc1cc(-c2[nH]c3nc(NCCCN)cnc3c2-c2ccc(F)cc2)ccn1. The zero-order chi connectivity index (χ0) is 22.3. The fourth-order valence-electron chi connectivity index (χ4n) is 3.48. The molecule has 0 unspecified atom stereocenters. The first kappa shape index (κ1) is 21.7. The Labute approximate surface area is 185 Å². The van der Waals surface area contributed by atoms with Crippen LogP contribution < -0.4 is 22.1 Å². The largest absolute Gasteiger partial charge is 0.370 e. The number of nitrogens with one attached hydrogen (secondary N) is 3. The van der Waals surface area contributed by atoms with Gasteiger partial charge in [-0.25, -0.2) is 19.3 Å². The van der Waals surface area contributed by atoms with E-state index in [0.29, 0.717) is 30.1 Å². The van der Waals surface area contributed by atoms with E-state index in [1.54, 1.807) is 24.5 Å². The van der Waals surface area contributed by atoms with Crippen LogP contribution in [0.25, 0.3) is 33.5 Å². The third-order valence-corrected chi connectivity index (χ3v) is 5.06. The molecule has 9 heteroatoms. The van der Waals surface area contributed by atoms with Gasteiger partial charge in [0.1, 0.15) is 23.0 Å². The number of aromatic nitrogens is 4. The molecule has 32 heavy (non-hydrogen) atoms. The van der Waals surface area contributed by atoms with Crippen LogP contribution in [-0.4, -0.2) is 46.1 Å². The van der Waals surface area contributed by atoms with Gasteiger partial charge < -0.3 is 27.1 Å². The molecule has 8 nitrogen and oxygen atoms in total. The Kier molecular flexibility index (Phi) is 6.88. The lowest BCUT2D eigenvalue weighted by Crippen LogP contribution is -2.09. The van der Waals surface area contributed by atoms with Crippen LogP contribution in [0.2, 0.25) is 0 Å². The molecule has 0 saturated heterocycles. The summed E-state index contributed by atoms with van der Waals surface area (Å²) in [6, 6.07) is 10.3. The van der Waals surface area contributed by atoms with Crippen molar-refractivity contribution in [2.75, 3.05) is 36.8 Å². The molecule has 0 bridgehead atoms. The van der Waals surface area contributed by atoms with Crippen LogP contribution in [0.3, 0.4) is 0 Å². The van der Waals surface area contributed by atoms with Gasteiger partial charge >= 0.3 is 0 Å². The monoisotopic (exact) mass is 434 g/mol. The van der Waals surface area contributed by atoms with E-state index < -0.39 is 0 Å². The van der Waals surface area contributed by atoms with Crippen LogP contribution in [0, 0.1) is 5.82 Å². The number of anilines is 2. The number of benzene rings is 1. The molecule has 0 fully saturated rings. The molecule has 0 atom stereocenters. The molecule has 3 aromatic heterocycles. The minimum Gasteiger partial charge on any atom is -0.370 e. The summed E-state index contributed by atoms with van der Waals surface area (Å²) in [6.07, 6.45) is 5.15. The Morgan fingerprint density at radius 2 is 1.59 bits per heavy atom. The third-order valence-electron chi connectivity index (χ3n) is 5.06. The summed E-state index contributed by atoms with van der Waals surface area (Å²) in [5, 5.41) is 6.53. The standard InChI is InChI=1S/C23H27FN8/c24-17-5-3-15(4-6-17)20-21(16-7-12-29-18(13-16)27-10-1-8-25)32-23-22(20)30-14-19(31-23)28-11-2-9-26/h3-7,12-14H,1-2,8-11,25-26H2,(H,27,29)(H2,28,31,32). The number of fused-ring (bicyclic) bond motifs is 1. The summed E-state index contributed by atoms with van der Waals surface area (Å²) in [4.78, 5) is 17.2. The number of aromatic amines is 1. The zero-order valence-electron chi connectivity index (χ0n) is 17.7. The van der Waals surface area contributed by atoms with Crippen LogP contribution in [-0.2, 0) is 0 Å². The van der Waals surface area contributed by atoms with Crippen LogP contribution in [0.1, 0.15) is 12.8 Å². The normalized spacial score (nSPS) is 11.1. The maximum Gasteiger partial charge on any atom is 0.159 e. The van der Waals surface area contributed by atoms with Gasteiger partial charge in [-0.1, -0.05) is 12.1 Å². The van der Waals surface area contributed by atoms with Crippen molar-refractivity contribution in [2.24, 2.45) is 11.5 Å². The second kappa shape index (κ2) is 10.2. The van der Waals surface area contributed by atoms with Gasteiger partial charge in [-0.05, 0) is 55.8 Å². The Morgan fingerprint density at radius 1 is 0.875 bits per heavy atom. The Bertz CT molecular complexity index is 1170. The second-order valence-electron chi connectivity index (χ2n) is 7.40. The van der Waals surface area contributed by atoms with Crippen LogP contribution in [0.5, 0.6) is 0 Å². The van der Waals surface area contributed by atoms with Gasteiger partial charge in [0.25, 0.3) is 0 Å². The van der Waals surface area contributed by atoms with E-state index in [4.69, 9.17) is 16.5 Å². The minimum absolute atomic E-state index is 0.289. The van der Waals surface area contributed by atoms with E-state index in [0.717, 1.165) is 54.1 Å². The summed E-state index contributed by atoms with van der Waals surface area (Å²) >= 11 is 0. The molecule has 4 aromatic rings. The summed E-state index contributed by atoms with van der Waals surface area (Å²) in [7, 11) is 0. The minimum atomic E-state index is -0.289. The lowest BCUT2D eigenvalue weighted by atomic mass is 10.0. The van der Waals surface area contributed by atoms with E-state index in [9.17, 15) is 4.39 Å². The van der Waals surface area contributed by atoms with Crippen molar-refractivity contribution >= 4 is 22.8 Å². The predicted molar refractivity (Wildman–Crippen MR) is 127 cm³/mol. The number of halogens is 1. The molecule has 0 radical (unpaired) electrons. The highest BCUT2D eigenvalue weighted by Crippen LogP contribution is 2.37. The number of hydrogen-bond acceptors (Lipinski definition) is 7. The summed E-state index contributed by atoms with van der Waals surface area (Å²) in [5.74, 6) is 1.14. The number of rotatable bonds is 10. The average Bonchev–Trinajstić information content (AvgIpc) is 3.19. The highest BCUT2D eigenvalue weighted by molar-refractivity contribution is 6.00. The van der Waals surface area contributed by atoms with Gasteiger partial charge in [-0.2, -0.15) is 0 Å². The maximum atomic E-state index is 13.6. The van der Waals surface area contributed by atoms with Crippen LogP contribution in [0.4, 0.5) is 16.0 Å². The molecule has 7 N–H and O–H groups in total. The van der Waals surface area contributed by atoms with Crippen LogP contribution >= 0.6 is 0 Å². The van der Waals surface area contributed by atoms with Gasteiger partial charge in [0.15, 0.2) is 5.65 Å². The molecule has 3 heterocycles. The van der Waals surface area contributed by atoms with E-state index in [-0.39, 0.29) is 5.82 Å². The fourth-order valence-corrected chi connectivity index (χ4v) is 3.48. The quantitative estimate of drug-likeness (QED) is 0.242. The van der Waals surface area contributed by atoms with Gasteiger partial charge in [-0.3, -0.25) is 0 Å². The molecule has 0 saturated carbocycles. The highest BCUT2D eigenvalue weighted by atomic mass is 19.1. The molecular weight excluding hydrogens is 407 g/mol. The fraction of sp³-hybridized carbons (Fsp3) is 0.261. The molecular formula is C23H27FN8. The highest BCUT2D eigenvalue weighted by Gasteiger charge is 2.18. The number of hydrogen-bond donors (Lipinski definition) is 5. The number of nitrogens with two attached hydrogens (primary N) is 2. The number of pyridine rings is 1. The smallest absolute Gasteiger partial charge is 0.159 e. The lowest BCUT2D eigenvalue weighted by Gasteiger charge is -2.08. The van der Waals surface area contributed by atoms with Crippen molar-refractivity contribution in [1.82, 2.24) is 19.9 Å². The first-order chi connectivity index (χ1) is 15.7. The average molecular weight is 435 g/mol. The third kappa shape index (κ3) is 4.84. The molecule has 0 aliphatic heterocycles. The number of nitrogens with zero attached hydrogens (tertiary/aromatic N) is 3. The Balaban J connectivity index is 1.78. The predicted octanol–water partition coefficient (Wildman–Crippen LogP) is 3.35. The Hall–Kier alpha value is -3.56. The van der Waals surface area contributed by atoms with Crippen molar-refractivity contribution in [3.05, 3.63) is 54.6 Å². The van der Waals surface area contributed by atoms with Crippen molar-refractivity contribution in [3.8, 4) is 22.4 Å². The second-order valence-corrected chi connectivity index (χ2v) is 7.40. The molecule has 0 aliphatic carbocycles. The summed E-state index contributed by atoms with van der Waals surface area (Å²) in [5.41, 5.74) is 16.0. The first-order valence-electron chi connectivity index (χ1n) is 10.7. The lowest BCUT2D eigenvalue weighted by molar-refractivity contribution is 0.628. The zero-order valence-corrected chi connectivity index (χ0v) is 17.7. The molecule has 0 amide bonds. The molecule has 4 rings (SSSR count). The van der Waals surface area contributed by atoms with Gasteiger partial charge in [0, 0.05) is 30.4 Å². The summed E-state index contributed by atoms with van der Waals surface area (Å²) < 4.78 is 13.6. The van der Waals surface area contributed by atoms with Gasteiger partial charge in [0.2, 0.25) is 0 Å². The van der Waals surface area contributed by atoms with E-state index in [1.165, 1.54) is 12.1 Å². The molecule has 0 spiro atoms. The van der Waals surface area contributed by atoms with Gasteiger partial charge in [-0.15, -0.1) is 0 Å². The van der Waals surface area contributed by atoms with E-state index in [1.807, 2.05) is 12.1 Å². The number of H-pyrrole nitrogens is 1. The topological polar surface area (TPSA) is 131 Å². The first-order valence-corrected chi connectivity index (χ1v) is 10.7. The van der Waals surface area contributed by atoms with Crippen molar-refractivity contribution in [2.45, 2.75) is 12.8 Å². The van der Waals surface area contributed by atoms with Crippen molar-refractivity contribution in [1.29, 1.82) is 0 Å². The van der Waals surface area contributed by atoms with E-state index >= 15 is 0 Å². The van der Waals surface area contributed by atoms with Crippen molar-refractivity contribution in [3.63, 3.8) is 0 Å². The van der Waals surface area contributed by atoms with E-state index in [2.05, 4.69) is 25.6 Å². The Morgan fingerprint density at radius 3 is 2.31 bits per heavy atom. The van der Waals surface area contributed by atoms with Gasteiger partial charge in [0.05, 0.1) is 11.9 Å².